The number of urea groups is 1. The van der Waals surface area contributed by atoms with Crippen molar-refractivity contribution in [1.29, 1.82) is 5.26 Å². The number of amides is 3. The number of hydrogen-bond donors (Lipinski definition) is 2. The van der Waals surface area contributed by atoms with Gasteiger partial charge in [-0.3, -0.25) is 10.1 Å². The number of carbonyl (C=O) groups excluding carboxylic acids is 2. The standard InChI is InChI=1S/C13H12ClN3O4/c1-20-10-4-7(9(14)5-11(10)21-2)3-8(6-15)12(18)17-13(16)19/h3-5H,1-2H3,(H3,16,17,18,19)/b8-3-. The van der Waals surface area contributed by atoms with Gasteiger partial charge in [0.2, 0.25) is 0 Å². The fourth-order valence-electron chi connectivity index (χ4n) is 1.46. The van der Waals surface area contributed by atoms with Gasteiger partial charge in [0.1, 0.15) is 11.6 Å². The minimum atomic E-state index is -1.06. The quantitative estimate of drug-likeness (QED) is 0.645. The summed E-state index contributed by atoms with van der Waals surface area (Å²) in [7, 11) is 2.88. The number of imide groups is 1. The van der Waals surface area contributed by atoms with Gasteiger partial charge in [-0.1, -0.05) is 11.6 Å². The van der Waals surface area contributed by atoms with Crippen LogP contribution in [0.3, 0.4) is 0 Å². The molecule has 3 N–H and O–H groups in total. The molecule has 0 aliphatic carbocycles. The first-order chi connectivity index (χ1) is 9.92. The zero-order valence-electron chi connectivity index (χ0n) is 11.3. The number of ether oxygens (including phenoxy) is 2. The van der Waals surface area contributed by atoms with E-state index in [1.165, 1.54) is 32.4 Å². The van der Waals surface area contributed by atoms with Gasteiger partial charge in [-0.05, 0) is 17.7 Å². The van der Waals surface area contributed by atoms with Gasteiger partial charge in [0.05, 0.1) is 19.2 Å². The Morgan fingerprint density at radius 3 is 2.38 bits per heavy atom. The minimum absolute atomic E-state index is 0.243. The number of primary amides is 1. The molecule has 0 bridgehead atoms. The summed E-state index contributed by atoms with van der Waals surface area (Å²) in [6.45, 7) is 0. The van der Waals surface area contributed by atoms with Gasteiger partial charge >= 0.3 is 6.03 Å². The maximum atomic E-state index is 11.6. The molecule has 0 aliphatic rings. The lowest BCUT2D eigenvalue weighted by atomic mass is 10.1. The molecular formula is C13H12ClN3O4. The van der Waals surface area contributed by atoms with E-state index in [2.05, 4.69) is 0 Å². The summed E-state index contributed by atoms with van der Waals surface area (Å²) in [6.07, 6.45) is 1.21. The molecule has 1 rings (SSSR count). The number of benzene rings is 1. The number of methoxy groups -OCH3 is 2. The van der Waals surface area contributed by atoms with Gasteiger partial charge in [0, 0.05) is 6.07 Å². The van der Waals surface area contributed by atoms with Crippen LogP contribution in [0.5, 0.6) is 11.5 Å². The van der Waals surface area contributed by atoms with Crippen LogP contribution in [0.1, 0.15) is 5.56 Å². The Morgan fingerprint density at radius 2 is 1.90 bits per heavy atom. The molecule has 0 fully saturated rings. The van der Waals surface area contributed by atoms with Gasteiger partial charge in [-0.15, -0.1) is 0 Å². The average molecular weight is 310 g/mol. The Balaban J connectivity index is 3.26. The van der Waals surface area contributed by atoms with Crippen LogP contribution < -0.4 is 20.5 Å². The van der Waals surface area contributed by atoms with E-state index >= 15 is 0 Å². The Morgan fingerprint density at radius 1 is 1.33 bits per heavy atom. The molecular weight excluding hydrogens is 298 g/mol. The summed E-state index contributed by atoms with van der Waals surface area (Å²) >= 11 is 6.04. The van der Waals surface area contributed by atoms with Crippen molar-refractivity contribution in [3.05, 3.63) is 28.3 Å². The number of rotatable bonds is 4. The van der Waals surface area contributed by atoms with Gasteiger partial charge in [0.15, 0.2) is 11.5 Å². The number of nitrogens with zero attached hydrogens (tertiary/aromatic N) is 1. The Hall–Kier alpha value is -2.72. The molecule has 0 radical (unpaired) electrons. The first-order valence-corrected chi connectivity index (χ1v) is 5.94. The highest BCUT2D eigenvalue weighted by atomic mass is 35.5. The lowest BCUT2D eigenvalue weighted by Gasteiger charge is -2.10. The summed E-state index contributed by atoms with van der Waals surface area (Å²) in [4.78, 5) is 22.2. The molecule has 7 nitrogen and oxygen atoms in total. The molecule has 0 heterocycles. The van der Waals surface area contributed by atoms with Crippen LogP contribution in [0.4, 0.5) is 4.79 Å². The maximum Gasteiger partial charge on any atom is 0.319 e. The fourth-order valence-corrected chi connectivity index (χ4v) is 1.67. The smallest absolute Gasteiger partial charge is 0.319 e. The molecule has 0 spiro atoms. The SMILES string of the molecule is COc1cc(Cl)c(/C=C(/C#N)C(=O)NC(N)=O)cc1OC. The van der Waals surface area contributed by atoms with Crippen LogP contribution in [0.15, 0.2) is 17.7 Å². The monoisotopic (exact) mass is 309 g/mol. The fraction of sp³-hybridized carbons (Fsp3) is 0.154. The molecule has 1 aromatic rings. The van der Waals surface area contributed by atoms with E-state index in [-0.39, 0.29) is 10.6 Å². The van der Waals surface area contributed by atoms with E-state index < -0.39 is 11.9 Å². The van der Waals surface area contributed by atoms with Crippen molar-refractivity contribution < 1.29 is 19.1 Å². The van der Waals surface area contributed by atoms with E-state index in [1.54, 1.807) is 11.4 Å². The second-order valence-corrected chi connectivity index (χ2v) is 4.12. The maximum absolute atomic E-state index is 11.6. The van der Waals surface area contributed by atoms with Crippen molar-refractivity contribution in [3.63, 3.8) is 0 Å². The largest absolute Gasteiger partial charge is 0.493 e. The topological polar surface area (TPSA) is 114 Å². The van der Waals surface area contributed by atoms with E-state index in [1.807, 2.05) is 0 Å². The molecule has 21 heavy (non-hydrogen) atoms. The van der Waals surface area contributed by atoms with Crippen LogP contribution >= 0.6 is 11.6 Å². The summed E-state index contributed by atoms with van der Waals surface area (Å²) in [6, 6.07) is 3.58. The summed E-state index contributed by atoms with van der Waals surface area (Å²) < 4.78 is 10.2. The average Bonchev–Trinajstić information content (AvgIpc) is 2.44. The molecule has 0 aromatic heterocycles. The highest BCUT2D eigenvalue weighted by molar-refractivity contribution is 6.32. The molecule has 0 aliphatic heterocycles. The number of nitriles is 1. The van der Waals surface area contributed by atoms with Crippen LogP contribution in [0.25, 0.3) is 6.08 Å². The third-order valence-corrected chi connectivity index (χ3v) is 2.73. The number of hydrogen-bond acceptors (Lipinski definition) is 5. The van der Waals surface area contributed by atoms with Crippen LogP contribution in [0, 0.1) is 11.3 Å². The van der Waals surface area contributed by atoms with Crippen molar-refractivity contribution >= 4 is 29.6 Å². The Kier molecular flexibility index (Phi) is 5.57. The number of halogens is 1. The number of carbonyl (C=O) groups is 2. The van der Waals surface area contributed by atoms with E-state index in [0.717, 1.165) is 0 Å². The van der Waals surface area contributed by atoms with E-state index in [9.17, 15) is 9.59 Å². The Bertz CT molecular complexity index is 650. The lowest BCUT2D eigenvalue weighted by Crippen LogP contribution is -2.35. The molecule has 1 aromatic carbocycles. The normalized spacial score (nSPS) is 10.5. The molecule has 0 saturated carbocycles. The first-order valence-electron chi connectivity index (χ1n) is 5.57. The van der Waals surface area contributed by atoms with Gasteiger partial charge in [-0.25, -0.2) is 4.79 Å². The molecule has 3 amide bonds. The van der Waals surface area contributed by atoms with Crippen molar-refractivity contribution in [1.82, 2.24) is 5.32 Å². The van der Waals surface area contributed by atoms with Crippen molar-refractivity contribution in [2.24, 2.45) is 5.73 Å². The number of nitrogens with two attached hydrogens (primary N) is 1. The summed E-state index contributed by atoms with van der Waals surface area (Å²) in [5, 5.41) is 11.0. The highest BCUT2D eigenvalue weighted by Gasteiger charge is 2.14. The molecule has 0 atom stereocenters. The zero-order valence-corrected chi connectivity index (χ0v) is 12.0. The van der Waals surface area contributed by atoms with E-state index in [0.29, 0.717) is 17.1 Å². The van der Waals surface area contributed by atoms with Crippen LogP contribution in [-0.2, 0) is 4.79 Å². The summed E-state index contributed by atoms with van der Waals surface area (Å²) in [5.74, 6) is -0.142. The van der Waals surface area contributed by atoms with Crippen molar-refractivity contribution in [3.8, 4) is 17.6 Å². The predicted molar refractivity (Wildman–Crippen MR) is 75.9 cm³/mol. The van der Waals surface area contributed by atoms with Gasteiger partial charge < -0.3 is 15.2 Å². The van der Waals surface area contributed by atoms with Gasteiger partial charge in [-0.2, -0.15) is 5.26 Å². The van der Waals surface area contributed by atoms with Gasteiger partial charge in [0.25, 0.3) is 5.91 Å². The zero-order chi connectivity index (χ0) is 16.0. The van der Waals surface area contributed by atoms with Crippen LogP contribution in [-0.4, -0.2) is 26.2 Å². The van der Waals surface area contributed by atoms with Crippen molar-refractivity contribution in [2.45, 2.75) is 0 Å². The molecule has 0 saturated heterocycles. The highest BCUT2D eigenvalue weighted by Crippen LogP contribution is 2.34. The predicted octanol–water partition coefficient (Wildman–Crippen LogP) is 1.46. The third-order valence-electron chi connectivity index (χ3n) is 2.40. The number of nitrogens with one attached hydrogen (secondary N) is 1. The second-order valence-electron chi connectivity index (χ2n) is 3.72. The Labute approximate surface area is 125 Å². The lowest BCUT2D eigenvalue weighted by molar-refractivity contribution is -0.115. The first kappa shape index (κ1) is 16.3. The van der Waals surface area contributed by atoms with Crippen LogP contribution in [0.2, 0.25) is 5.02 Å². The molecule has 110 valence electrons. The molecule has 0 unspecified atom stereocenters. The molecule has 8 heteroatoms. The minimum Gasteiger partial charge on any atom is -0.493 e. The third kappa shape index (κ3) is 4.12. The van der Waals surface area contributed by atoms with E-state index in [4.69, 9.17) is 32.1 Å². The second kappa shape index (κ2) is 7.17. The summed E-state index contributed by atoms with van der Waals surface area (Å²) in [5.41, 5.74) is 4.84. The van der Waals surface area contributed by atoms with Crippen molar-refractivity contribution in [2.75, 3.05) is 14.2 Å².